The minimum Gasteiger partial charge on any atom is -0.349 e. The second-order valence-electron chi connectivity index (χ2n) is 7.59. The smallest absolute Gasteiger partial charge is 0.183 e. The third-order valence-corrected chi connectivity index (χ3v) is 3.60. The minimum absolute atomic E-state index is 0.110. The number of rotatable bonds is 5. The van der Waals surface area contributed by atoms with Gasteiger partial charge in [-0.2, -0.15) is 0 Å². The fourth-order valence-electron chi connectivity index (χ4n) is 2.20. The van der Waals surface area contributed by atoms with Crippen LogP contribution in [-0.2, 0) is 20.3 Å². The van der Waals surface area contributed by atoms with E-state index in [2.05, 4.69) is 59.7 Å². The highest BCUT2D eigenvalue weighted by Crippen LogP contribution is 2.33. The topological polar surface area (TPSA) is 18.5 Å². The van der Waals surface area contributed by atoms with Crippen molar-refractivity contribution >= 4 is 0 Å². The maximum atomic E-state index is 5.78. The van der Waals surface area contributed by atoms with Gasteiger partial charge in [-0.05, 0) is 35.8 Å². The Bertz CT molecular complexity index is 411. The highest BCUT2D eigenvalue weighted by atomic mass is 16.7. The van der Waals surface area contributed by atoms with Crippen LogP contribution in [0.4, 0.5) is 0 Å². The van der Waals surface area contributed by atoms with E-state index in [1.54, 1.807) is 0 Å². The number of ether oxygens (including phenoxy) is 2. The van der Waals surface area contributed by atoms with Crippen molar-refractivity contribution in [3.8, 4) is 0 Å². The third kappa shape index (κ3) is 5.12. The Morgan fingerprint density at radius 2 is 1.14 bits per heavy atom. The molecule has 0 unspecified atom stereocenters. The van der Waals surface area contributed by atoms with Gasteiger partial charge >= 0.3 is 0 Å². The van der Waals surface area contributed by atoms with E-state index in [-0.39, 0.29) is 17.1 Å². The van der Waals surface area contributed by atoms with Crippen LogP contribution in [0.5, 0.6) is 0 Å². The number of hydrogen-bond donors (Lipinski definition) is 0. The van der Waals surface area contributed by atoms with Gasteiger partial charge in [0.25, 0.3) is 0 Å². The van der Waals surface area contributed by atoms with Gasteiger partial charge in [-0.1, -0.05) is 59.7 Å². The average Bonchev–Trinajstić information content (AvgIpc) is 2.36. The van der Waals surface area contributed by atoms with Gasteiger partial charge < -0.3 is 9.47 Å². The predicted octanol–water partition coefficient (Wildman–Crippen LogP) is 5.35. The Balaban J connectivity index is 3.36. The van der Waals surface area contributed by atoms with E-state index in [1.165, 1.54) is 11.1 Å². The van der Waals surface area contributed by atoms with Crippen LogP contribution in [0.3, 0.4) is 0 Å². The lowest BCUT2D eigenvalue weighted by Gasteiger charge is -2.28. The normalized spacial score (nSPS) is 13.0. The fraction of sp³-hybridized carbons (Fsp3) is 0.684. The molecule has 0 bridgehead atoms. The second-order valence-corrected chi connectivity index (χ2v) is 7.59. The molecule has 120 valence electrons. The summed E-state index contributed by atoms with van der Waals surface area (Å²) in [4.78, 5) is 0. The maximum absolute atomic E-state index is 5.78. The van der Waals surface area contributed by atoms with Crippen molar-refractivity contribution in [2.75, 3.05) is 13.2 Å². The molecule has 0 amide bonds. The molecule has 0 aliphatic carbocycles. The molecule has 0 aromatic heterocycles. The quantitative estimate of drug-likeness (QED) is 0.681. The van der Waals surface area contributed by atoms with E-state index in [0.29, 0.717) is 13.2 Å². The van der Waals surface area contributed by atoms with Gasteiger partial charge in [0.2, 0.25) is 0 Å². The van der Waals surface area contributed by atoms with Crippen LogP contribution in [0.25, 0.3) is 0 Å². The molecule has 21 heavy (non-hydrogen) atoms. The summed E-state index contributed by atoms with van der Waals surface area (Å²) in [7, 11) is 0. The van der Waals surface area contributed by atoms with E-state index >= 15 is 0 Å². The van der Waals surface area contributed by atoms with E-state index in [9.17, 15) is 0 Å². The molecular formula is C19H32O2. The third-order valence-electron chi connectivity index (χ3n) is 3.60. The van der Waals surface area contributed by atoms with Crippen molar-refractivity contribution in [3.05, 3.63) is 34.9 Å². The van der Waals surface area contributed by atoms with Crippen molar-refractivity contribution in [3.63, 3.8) is 0 Å². The molecular weight excluding hydrogens is 260 g/mol. The molecule has 0 spiro atoms. The maximum Gasteiger partial charge on any atom is 0.183 e. The Hall–Kier alpha value is -0.860. The first-order chi connectivity index (χ1) is 9.59. The van der Waals surface area contributed by atoms with Gasteiger partial charge in [0.15, 0.2) is 6.29 Å². The Kier molecular flexibility index (Phi) is 6.01. The molecule has 1 rings (SSSR count). The lowest BCUT2D eigenvalue weighted by Crippen LogP contribution is -2.19. The molecule has 0 aliphatic rings. The first kappa shape index (κ1) is 18.2. The van der Waals surface area contributed by atoms with Gasteiger partial charge in [-0.15, -0.1) is 0 Å². The van der Waals surface area contributed by atoms with E-state index < -0.39 is 0 Å². The average molecular weight is 292 g/mol. The SMILES string of the molecule is CCOC(OCC)c1cc(C(C)(C)C)cc(C(C)(C)C)c1. The summed E-state index contributed by atoms with van der Waals surface area (Å²) in [5.41, 5.74) is 4.00. The molecule has 2 heteroatoms. The summed E-state index contributed by atoms with van der Waals surface area (Å²) in [6.45, 7) is 18.8. The molecule has 2 nitrogen and oxygen atoms in total. The Labute approximate surface area is 130 Å². The molecule has 0 heterocycles. The van der Waals surface area contributed by atoms with Crippen molar-refractivity contribution in [2.24, 2.45) is 0 Å². The first-order valence-electron chi connectivity index (χ1n) is 7.98. The fourth-order valence-corrected chi connectivity index (χ4v) is 2.20. The standard InChI is InChI=1S/C19H32O2/c1-9-20-17(21-10-2)14-11-15(18(3,4)5)13-16(12-14)19(6,7)8/h11-13,17H,9-10H2,1-8H3. The van der Waals surface area contributed by atoms with Crippen molar-refractivity contribution in [1.82, 2.24) is 0 Å². The monoisotopic (exact) mass is 292 g/mol. The second kappa shape index (κ2) is 6.93. The van der Waals surface area contributed by atoms with Crippen LogP contribution < -0.4 is 0 Å². The van der Waals surface area contributed by atoms with E-state index in [0.717, 1.165) is 5.56 Å². The van der Waals surface area contributed by atoms with Crippen LogP contribution in [0.2, 0.25) is 0 Å². The summed E-state index contributed by atoms with van der Waals surface area (Å²) in [6, 6.07) is 6.77. The Morgan fingerprint density at radius 1 is 0.762 bits per heavy atom. The molecule has 1 aromatic rings. The largest absolute Gasteiger partial charge is 0.349 e. The Morgan fingerprint density at radius 3 is 1.43 bits per heavy atom. The zero-order valence-corrected chi connectivity index (χ0v) is 15.0. The predicted molar refractivity (Wildman–Crippen MR) is 89.8 cm³/mol. The van der Waals surface area contributed by atoms with Gasteiger partial charge in [0, 0.05) is 18.8 Å². The molecule has 0 saturated heterocycles. The van der Waals surface area contributed by atoms with Crippen LogP contribution in [0.1, 0.15) is 78.4 Å². The van der Waals surface area contributed by atoms with Gasteiger partial charge in [0.1, 0.15) is 0 Å². The molecule has 0 aliphatic heterocycles. The van der Waals surface area contributed by atoms with Crippen LogP contribution in [0, 0.1) is 0 Å². The summed E-state index contributed by atoms with van der Waals surface area (Å²) in [5.74, 6) is 0. The van der Waals surface area contributed by atoms with E-state index in [4.69, 9.17) is 9.47 Å². The molecule has 0 atom stereocenters. The zero-order valence-electron chi connectivity index (χ0n) is 15.0. The van der Waals surface area contributed by atoms with Gasteiger partial charge in [-0.3, -0.25) is 0 Å². The minimum atomic E-state index is -0.275. The summed E-state index contributed by atoms with van der Waals surface area (Å²) in [5, 5.41) is 0. The highest BCUT2D eigenvalue weighted by Gasteiger charge is 2.23. The van der Waals surface area contributed by atoms with E-state index in [1.807, 2.05) is 13.8 Å². The van der Waals surface area contributed by atoms with Crippen LogP contribution in [0.15, 0.2) is 18.2 Å². The molecule has 0 radical (unpaired) electrons. The molecule has 0 saturated carbocycles. The zero-order chi connectivity index (χ0) is 16.3. The summed E-state index contributed by atoms with van der Waals surface area (Å²) < 4.78 is 11.6. The van der Waals surface area contributed by atoms with Crippen LogP contribution >= 0.6 is 0 Å². The first-order valence-corrected chi connectivity index (χ1v) is 7.98. The summed E-state index contributed by atoms with van der Waals surface area (Å²) in [6.07, 6.45) is -0.275. The molecule has 0 fully saturated rings. The van der Waals surface area contributed by atoms with Gasteiger partial charge in [0.05, 0.1) is 0 Å². The number of benzene rings is 1. The van der Waals surface area contributed by atoms with Crippen LogP contribution in [-0.4, -0.2) is 13.2 Å². The highest BCUT2D eigenvalue weighted by molar-refractivity contribution is 5.37. The summed E-state index contributed by atoms with van der Waals surface area (Å²) >= 11 is 0. The lowest BCUT2D eigenvalue weighted by molar-refractivity contribution is -0.140. The van der Waals surface area contributed by atoms with Gasteiger partial charge in [-0.25, -0.2) is 0 Å². The molecule has 0 N–H and O–H groups in total. The van der Waals surface area contributed by atoms with Crippen molar-refractivity contribution in [2.45, 2.75) is 72.5 Å². The van der Waals surface area contributed by atoms with Crippen molar-refractivity contribution in [1.29, 1.82) is 0 Å². The number of hydrogen-bond acceptors (Lipinski definition) is 2. The van der Waals surface area contributed by atoms with Crippen molar-refractivity contribution < 1.29 is 9.47 Å². The molecule has 1 aromatic carbocycles. The lowest BCUT2D eigenvalue weighted by atomic mass is 9.79.